The number of nitrogens with one attached hydrogen (secondary N) is 2. The van der Waals surface area contributed by atoms with Crippen molar-refractivity contribution in [1.29, 1.82) is 0 Å². The number of thiazole rings is 1. The summed E-state index contributed by atoms with van der Waals surface area (Å²) in [4.78, 5) is 30.4. The summed E-state index contributed by atoms with van der Waals surface area (Å²) in [5, 5.41) is 8.47. The van der Waals surface area contributed by atoms with E-state index >= 15 is 0 Å². The fourth-order valence-corrected chi connectivity index (χ4v) is 4.33. The van der Waals surface area contributed by atoms with E-state index in [1.54, 1.807) is 30.0 Å². The quantitative estimate of drug-likeness (QED) is 0.595. The number of para-hydroxylation sites is 1. The Morgan fingerprint density at radius 2 is 1.90 bits per heavy atom. The van der Waals surface area contributed by atoms with Crippen molar-refractivity contribution in [2.45, 2.75) is 19.8 Å². The molecule has 160 valence electrons. The molecule has 0 radical (unpaired) electrons. The molecule has 0 spiro atoms. The zero-order valence-electron chi connectivity index (χ0n) is 17.1. The Balaban J connectivity index is 1.41. The number of carbonyl (C=O) groups excluding carboxylic acids is 2. The highest BCUT2D eigenvalue weighted by Crippen LogP contribution is 2.29. The van der Waals surface area contributed by atoms with Crippen LogP contribution in [0.4, 0.5) is 20.9 Å². The van der Waals surface area contributed by atoms with Crippen molar-refractivity contribution in [2.24, 2.45) is 5.92 Å². The van der Waals surface area contributed by atoms with Crippen LogP contribution >= 0.6 is 11.3 Å². The molecule has 8 heteroatoms. The van der Waals surface area contributed by atoms with Crippen LogP contribution in [0.2, 0.25) is 0 Å². The van der Waals surface area contributed by atoms with E-state index in [0.29, 0.717) is 42.4 Å². The van der Waals surface area contributed by atoms with Gasteiger partial charge < -0.3 is 15.5 Å². The lowest BCUT2D eigenvalue weighted by Crippen LogP contribution is -2.40. The Bertz CT molecular complexity index is 1090. The maximum atomic E-state index is 13.8. The van der Waals surface area contributed by atoms with Gasteiger partial charge in [-0.3, -0.25) is 9.59 Å². The van der Waals surface area contributed by atoms with Gasteiger partial charge in [0.05, 0.1) is 11.4 Å². The van der Waals surface area contributed by atoms with E-state index in [0.717, 1.165) is 11.3 Å². The van der Waals surface area contributed by atoms with Gasteiger partial charge in [0, 0.05) is 42.6 Å². The van der Waals surface area contributed by atoms with Gasteiger partial charge in [-0.25, -0.2) is 9.37 Å². The first-order chi connectivity index (χ1) is 15.0. The van der Waals surface area contributed by atoms with Crippen LogP contribution in [0.5, 0.6) is 0 Å². The lowest BCUT2D eigenvalue weighted by Gasteiger charge is -2.30. The smallest absolute Gasteiger partial charge is 0.227 e. The predicted octanol–water partition coefficient (Wildman–Crippen LogP) is 4.89. The van der Waals surface area contributed by atoms with Gasteiger partial charge in [0.15, 0.2) is 5.13 Å². The summed E-state index contributed by atoms with van der Waals surface area (Å²) >= 11 is 1.38. The molecule has 2 N–H and O–H groups in total. The van der Waals surface area contributed by atoms with Gasteiger partial charge in [0.2, 0.25) is 11.8 Å². The summed E-state index contributed by atoms with van der Waals surface area (Å²) in [6.45, 7) is 2.79. The second-order valence-electron chi connectivity index (χ2n) is 7.49. The van der Waals surface area contributed by atoms with Crippen molar-refractivity contribution in [3.05, 3.63) is 59.7 Å². The van der Waals surface area contributed by atoms with Gasteiger partial charge in [-0.1, -0.05) is 24.3 Å². The molecular weight excluding hydrogens is 415 g/mol. The average molecular weight is 439 g/mol. The lowest BCUT2D eigenvalue weighted by molar-refractivity contribution is -0.132. The molecule has 0 atom stereocenters. The van der Waals surface area contributed by atoms with Crippen LogP contribution in [0.15, 0.2) is 53.9 Å². The molecule has 0 aliphatic carbocycles. The van der Waals surface area contributed by atoms with Crippen LogP contribution in [0, 0.1) is 11.7 Å². The van der Waals surface area contributed by atoms with E-state index in [1.807, 2.05) is 29.6 Å². The van der Waals surface area contributed by atoms with Crippen molar-refractivity contribution in [3.8, 4) is 11.3 Å². The lowest BCUT2D eigenvalue weighted by atomic mass is 9.95. The minimum atomic E-state index is -0.335. The third kappa shape index (κ3) is 5.08. The average Bonchev–Trinajstić information content (AvgIpc) is 3.24. The third-order valence-electron chi connectivity index (χ3n) is 5.36. The summed E-state index contributed by atoms with van der Waals surface area (Å²) in [5.41, 5.74) is 2.69. The van der Waals surface area contributed by atoms with E-state index in [-0.39, 0.29) is 23.5 Å². The number of halogens is 1. The normalized spacial score (nSPS) is 14.3. The first-order valence-corrected chi connectivity index (χ1v) is 11.0. The molecule has 2 amide bonds. The Kier molecular flexibility index (Phi) is 6.27. The number of hydrogen-bond acceptors (Lipinski definition) is 5. The fourth-order valence-electron chi connectivity index (χ4n) is 3.60. The number of likely N-dealkylation sites (tertiary alicyclic amines) is 1. The Morgan fingerprint density at radius 3 is 2.65 bits per heavy atom. The van der Waals surface area contributed by atoms with Crippen LogP contribution < -0.4 is 10.6 Å². The third-order valence-corrected chi connectivity index (χ3v) is 6.11. The monoisotopic (exact) mass is 438 g/mol. The Hall–Kier alpha value is -3.26. The van der Waals surface area contributed by atoms with E-state index < -0.39 is 0 Å². The summed E-state index contributed by atoms with van der Waals surface area (Å²) in [5.74, 6) is -0.410. The summed E-state index contributed by atoms with van der Waals surface area (Å²) in [6, 6.07) is 14.0. The molecule has 1 aliphatic heterocycles. The Labute approximate surface area is 184 Å². The maximum Gasteiger partial charge on any atom is 0.227 e. The van der Waals surface area contributed by atoms with Crippen LogP contribution in [-0.4, -0.2) is 34.8 Å². The minimum Gasteiger partial charge on any atom is -0.343 e. The number of hydrogen-bond donors (Lipinski definition) is 2. The number of anilines is 3. The number of aromatic nitrogens is 1. The summed E-state index contributed by atoms with van der Waals surface area (Å²) in [7, 11) is 0. The van der Waals surface area contributed by atoms with Crippen molar-refractivity contribution in [2.75, 3.05) is 23.7 Å². The van der Waals surface area contributed by atoms with Crippen molar-refractivity contribution >= 4 is 39.7 Å². The topological polar surface area (TPSA) is 74.3 Å². The zero-order chi connectivity index (χ0) is 21.8. The molecule has 31 heavy (non-hydrogen) atoms. The zero-order valence-corrected chi connectivity index (χ0v) is 17.9. The van der Waals surface area contributed by atoms with Gasteiger partial charge >= 0.3 is 0 Å². The van der Waals surface area contributed by atoms with Crippen molar-refractivity contribution in [1.82, 2.24) is 9.88 Å². The first-order valence-electron chi connectivity index (χ1n) is 10.1. The van der Waals surface area contributed by atoms with Crippen LogP contribution in [0.25, 0.3) is 11.3 Å². The number of piperidine rings is 1. The molecule has 2 aromatic carbocycles. The first kappa shape index (κ1) is 21.0. The molecule has 1 aliphatic rings. The molecule has 1 aromatic heterocycles. The number of carbonyl (C=O) groups is 2. The van der Waals surface area contributed by atoms with Gasteiger partial charge in [0.1, 0.15) is 5.82 Å². The highest BCUT2D eigenvalue weighted by atomic mass is 32.1. The largest absolute Gasteiger partial charge is 0.343 e. The van der Waals surface area contributed by atoms with Gasteiger partial charge in [-0.15, -0.1) is 11.3 Å². The van der Waals surface area contributed by atoms with E-state index in [9.17, 15) is 14.0 Å². The molecule has 2 heterocycles. The van der Waals surface area contributed by atoms with Gasteiger partial charge in [0.25, 0.3) is 0 Å². The standard InChI is InChI=1S/C23H23FN4O2S/c1-15(29)28-11-9-16(10-12-28)22(30)25-18-6-4-5-17(13-18)21-14-31-23(27-21)26-20-8-3-2-7-19(20)24/h2-8,13-14,16H,9-12H2,1H3,(H,25,30)(H,26,27). The van der Waals surface area contributed by atoms with Crippen LogP contribution in [-0.2, 0) is 9.59 Å². The molecule has 1 fully saturated rings. The van der Waals surface area contributed by atoms with Crippen LogP contribution in [0.3, 0.4) is 0 Å². The highest BCUT2D eigenvalue weighted by Gasteiger charge is 2.26. The fraction of sp³-hybridized carbons (Fsp3) is 0.261. The number of nitrogens with zero attached hydrogens (tertiary/aromatic N) is 2. The highest BCUT2D eigenvalue weighted by molar-refractivity contribution is 7.14. The second kappa shape index (κ2) is 9.26. The number of rotatable bonds is 5. The van der Waals surface area contributed by atoms with Crippen molar-refractivity contribution < 1.29 is 14.0 Å². The van der Waals surface area contributed by atoms with Gasteiger partial charge in [-0.05, 0) is 37.1 Å². The summed E-state index contributed by atoms with van der Waals surface area (Å²) < 4.78 is 13.8. The number of amides is 2. The SMILES string of the molecule is CC(=O)N1CCC(C(=O)Nc2cccc(-c3csc(Nc4ccccc4F)n3)c2)CC1. The second-order valence-corrected chi connectivity index (χ2v) is 8.35. The molecule has 0 unspecified atom stereocenters. The van der Waals surface area contributed by atoms with Crippen LogP contribution in [0.1, 0.15) is 19.8 Å². The molecule has 4 rings (SSSR count). The molecule has 0 saturated carbocycles. The molecular formula is C23H23FN4O2S. The van der Waals surface area contributed by atoms with Crippen molar-refractivity contribution in [3.63, 3.8) is 0 Å². The predicted molar refractivity (Wildman–Crippen MR) is 121 cm³/mol. The van der Waals surface area contributed by atoms with E-state index in [2.05, 4.69) is 15.6 Å². The van der Waals surface area contributed by atoms with E-state index in [4.69, 9.17) is 0 Å². The molecule has 6 nitrogen and oxygen atoms in total. The molecule has 0 bridgehead atoms. The maximum absolute atomic E-state index is 13.8. The Morgan fingerprint density at radius 1 is 1.13 bits per heavy atom. The van der Waals surface area contributed by atoms with Gasteiger partial charge in [-0.2, -0.15) is 0 Å². The summed E-state index contributed by atoms with van der Waals surface area (Å²) in [6.07, 6.45) is 1.34. The molecule has 1 saturated heterocycles. The molecule has 3 aromatic rings. The minimum absolute atomic E-state index is 0.0273. The van der Waals surface area contributed by atoms with E-state index in [1.165, 1.54) is 17.4 Å². The number of benzene rings is 2.